The zero-order valence-corrected chi connectivity index (χ0v) is 11.4. The van der Waals surface area contributed by atoms with Gasteiger partial charge < -0.3 is 5.32 Å². The Labute approximate surface area is 113 Å². The highest BCUT2D eigenvalue weighted by molar-refractivity contribution is 8.15. The molecule has 3 nitrogen and oxygen atoms in total. The summed E-state index contributed by atoms with van der Waals surface area (Å²) in [6.07, 6.45) is -1.33. The summed E-state index contributed by atoms with van der Waals surface area (Å²) in [6, 6.07) is 0. The molecule has 2 rings (SSSR count). The second-order valence-electron chi connectivity index (χ2n) is 4.81. The second kappa shape index (κ2) is 4.79. The molecule has 0 aromatic heterocycles. The molecule has 2 atom stereocenters. The Morgan fingerprint density at radius 2 is 2.11 bits per heavy atom. The Morgan fingerprint density at radius 1 is 1.42 bits per heavy atom. The van der Waals surface area contributed by atoms with Gasteiger partial charge in [-0.3, -0.25) is 0 Å². The number of rotatable bonds is 2. The van der Waals surface area contributed by atoms with E-state index in [-0.39, 0.29) is 0 Å². The lowest BCUT2D eigenvalue weighted by molar-refractivity contribution is -0.0950. The van der Waals surface area contributed by atoms with E-state index >= 15 is 0 Å². The Hall–Kier alpha value is -0.530. The van der Waals surface area contributed by atoms with Gasteiger partial charge in [-0.25, -0.2) is 8.42 Å². The van der Waals surface area contributed by atoms with Crippen LogP contribution in [0.4, 0.5) is 13.2 Å². The maximum absolute atomic E-state index is 12.8. The summed E-state index contributed by atoms with van der Waals surface area (Å²) >= 11 is 0. The molecule has 0 aromatic rings. The highest BCUT2D eigenvalue weighted by Gasteiger charge is 2.52. The van der Waals surface area contributed by atoms with Gasteiger partial charge in [0.2, 0.25) is 9.05 Å². The molecule has 0 bridgehead atoms. The van der Waals surface area contributed by atoms with Crippen LogP contribution in [0.2, 0.25) is 0 Å². The third-order valence-corrected chi connectivity index (χ3v) is 6.10. The molecule has 1 N–H and O–H groups in total. The predicted molar refractivity (Wildman–Crippen MR) is 66.4 cm³/mol. The maximum atomic E-state index is 12.8. The highest BCUT2D eigenvalue weighted by atomic mass is 35.7. The first-order valence-corrected chi connectivity index (χ1v) is 8.08. The molecule has 0 aromatic carbocycles. The fourth-order valence-corrected chi connectivity index (χ4v) is 4.52. The van der Waals surface area contributed by atoms with Crippen molar-refractivity contribution in [2.45, 2.75) is 23.8 Å². The standard InChI is InChI=1S/C11H13ClF3NO2S/c12-19(17,18)10(9-3-5-16-7-9)4-1-2-8(6-10)11(13,14)15/h1-2,4,9,16H,3,5-7H2. The van der Waals surface area contributed by atoms with Crippen molar-refractivity contribution < 1.29 is 21.6 Å². The summed E-state index contributed by atoms with van der Waals surface area (Å²) in [5, 5.41) is 2.96. The number of alkyl halides is 3. The first-order chi connectivity index (χ1) is 8.67. The summed E-state index contributed by atoms with van der Waals surface area (Å²) < 4.78 is 60.5. The fourth-order valence-electron chi connectivity index (χ4n) is 2.66. The Morgan fingerprint density at radius 3 is 2.58 bits per heavy atom. The van der Waals surface area contributed by atoms with Crippen LogP contribution in [0.5, 0.6) is 0 Å². The lowest BCUT2D eigenvalue weighted by atomic mass is 9.82. The van der Waals surface area contributed by atoms with Crippen LogP contribution >= 0.6 is 10.7 Å². The minimum absolute atomic E-state index is 0.349. The summed E-state index contributed by atoms with van der Waals surface area (Å²) in [5.74, 6) is -0.447. The van der Waals surface area contributed by atoms with Crippen molar-refractivity contribution in [3.8, 4) is 0 Å². The normalized spacial score (nSPS) is 32.4. The molecule has 0 spiro atoms. The number of halogens is 4. The summed E-state index contributed by atoms with van der Waals surface area (Å²) in [6.45, 7) is 0.930. The van der Waals surface area contributed by atoms with Crippen LogP contribution in [0.1, 0.15) is 12.8 Å². The molecule has 108 valence electrons. The molecule has 2 unspecified atom stereocenters. The summed E-state index contributed by atoms with van der Waals surface area (Å²) in [4.78, 5) is 0. The molecule has 0 amide bonds. The van der Waals surface area contributed by atoms with Crippen LogP contribution in [0.25, 0.3) is 0 Å². The predicted octanol–water partition coefficient (Wildman–Crippen LogP) is 2.35. The monoisotopic (exact) mass is 315 g/mol. The van der Waals surface area contributed by atoms with E-state index in [1.807, 2.05) is 0 Å². The van der Waals surface area contributed by atoms with E-state index in [2.05, 4.69) is 5.32 Å². The Balaban J connectivity index is 2.43. The topological polar surface area (TPSA) is 46.2 Å². The number of hydrogen-bond acceptors (Lipinski definition) is 3. The van der Waals surface area contributed by atoms with Crippen LogP contribution in [0, 0.1) is 5.92 Å². The molecule has 1 aliphatic carbocycles. The van der Waals surface area contributed by atoms with Gasteiger partial charge in [0.05, 0.1) is 0 Å². The average Bonchev–Trinajstić information content (AvgIpc) is 2.80. The van der Waals surface area contributed by atoms with Crippen molar-refractivity contribution in [3.63, 3.8) is 0 Å². The van der Waals surface area contributed by atoms with Gasteiger partial charge in [0, 0.05) is 22.7 Å². The van der Waals surface area contributed by atoms with Gasteiger partial charge in [0.25, 0.3) is 0 Å². The van der Waals surface area contributed by atoms with Crippen LogP contribution in [0.3, 0.4) is 0 Å². The van der Waals surface area contributed by atoms with Crippen LogP contribution in [-0.2, 0) is 9.05 Å². The van der Waals surface area contributed by atoms with Crippen LogP contribution in [-0.4, -0.2) is 32.4 Å². The quantitative estimate of drug-likeness (QED) is 0.796. The highest BCUT2D eigenvalue weighted by Crippen LogP contribution is 2.45. The molecule has 2 aliphatic rings. The third-order valence-electron chi connectivity index (χ3n) is 3.71. The minimum atomic E-state index is -4.54. The molecular formula is C11H13ClF3NO2S. The van der Waals surface area contributed by atoms with Crippen LogP contribution < -0.4 is 5.32 Å². The molecular weight excluding hydrogens is 303 g/mol. The van der Waals surface area contributed by atoms with E-state index in [1.165, 1.54) is 6.08 Å². The van der Waals surface area contributed by atoms with Crippen molar-refractivity contribution in [2.75, 3.05) is 13.1 Å². The maximum Gasteiger partial charge on any atom is 0.412 e. The molecule has 1 heterocycles. The van der Waals surface area contributed by atoms with Gasteiger partial charge in [-0.2, -0.15) is 13.2 Å². The van der Waals surface area contributed by atoms with Gasteiger partial charge in [-0.1, -0.05) is 18.2 Å². The van der Waals surface area contributed by atoms with Crippen molar-refractivity contribution >= 4 is 19.7 Å². The number of nitrogens with one attached hydrogen (secondary N) is 1. The molecule has 1 aliphatic heterocycles. The lowest BCUT2D eigenvalue weighted by Crippen LogP contribution is -2.45. The average molecular weight is 316 g/mol. The first-order valence-electron chi connectivity index (χ1n) is 5.77. The molecule has 8 heteroatoms. The van der Waals surface area contributed by atoms with Crippen molar-refractivity contribution in [1.29, 1.82) is 0 Å². The zero-order chi connectivity index (χ0) is 14.3. The van der Waals surface area contributed by atoms with Crippen molar-refractivity contribution in [2.24, 2.45) is 5.92 Å². The van der Waals surface area contributed by atoms with Gasteiger partial charge in [0.15, 0.2) is 0 Å². The second-order valence-corrected chi connectivity index (χ2v) is 7.66. The fraction of sp³-hybridized carbons (Fsp3) is 0.636. The van der Waals surface area contributed by atoms with Crippen molar-refractivity contribution in [1.82, 2.24) is 5.32 Å². The van der Waals surface area contributed by atoms with E-state index in [4.69, 9.17) is 10.7 Å². The molecule has 1 saturated heterocycles. The number of hydrogen-bond donors (Lipinski definition) is 1. The zero-order valence-electron chi connectivity index (χ0n) is 9.87. The third kappa shape index (κ3) is 2.68. The van der Waals surface area contributed by atoms with Gasteiger partial charge in [-0.15, -0.1) is 0 Å². The lowest BCUT2D eigenvalue weighted by Gasteiger charge is -2.36. The minimum Gasteiger partial charge on any atom is -0.316 e. The molecule has 0 radical (unpaired) electrons. The number of allylic oxidation sites excluding steroid dienone is 3. The summed E-state index contributed by atoms with van der Waals surface area (Å²) in [5.41, 5.74) is -0.855. The van der Waals surface area contributed by atoms with E-state index in [0.717, 1.165) is 12.2 Å². The molecule has 0 saturated carbocycles. The Kier molecular flexibility index (Phi) is 3.75. The van der Waals surface area contributed by atoms with Crippen molar-refractivity contribution in [3.05, 3.63) is 23.8 Å². The van der Waals surface area contributed by atoms with E-state index in [9.17, 15) is 21.6 Å². The molecule has 1 fully saturated rings. The van der Waals surface area contributed by atoms with Gasteiger partial charge in [-0.05, 0) is 25.4 Å². The van der Waals surface area contributed by atoms with E-state index < -0.39 is 37.9 Å². The Bertz CT molecular complexity index is 521. The van der Waals surface area contributed by atoms with Gasteiger partial charge >= 0.3 is 6.18 Å². The van der Waals surface area contributed by atoms with E-state index in [1.54, 1.807) is 0 Å². The first kappa shape index (κ1) is 14.9. The smallest absolute Gasteiger partial charge is 0.316 e. The van der Waals surface area contributed by atoms with Gasteiger partial charge in [0.1, 0.15) is 4.75 Å². The van der Waals surface area contributed by atoms with Crippen LogP contribution in [0.15, 0.2) is 23.8 Å². The summed E-state index contributed by atoms with van der Waals surface area (Å²) in [7, 11) is 1.30. The van der Waals surface area contributed by atoms with E-state index in [0.29, 0.717) is 19.5 Å². The SMILES string of the molecule is O=S(=O)(Cl)C1(C2CCNC2)C=CC=C(C(F)(F)F)C1. The molecule has 19 heavy (non-hydrogen) atoms. The largest absolute Gasteiger partial charge is 0.412 e.